The summed E-state index contributed by atoms with van der Waals surface area (Å²) in [7, 11) is 1.54. The van der Waals surface area contributed by atoms with E-state index in [4.69, 9.17) is 14.2 Å². The van der Waals surface area contributed by atoms with Gasteiger partial charge >= 0.3 is 11.9 Å². The van der Waals surface area contributed by atoms with Crippen molar-refractivity contribution in [2.75, 3.05) is 7.11 Å². The van der Waals surface area contributed by atoms with E-state index in [1.807, 2.05) is 0 Å². The Labute approximate surface area is 177 Å². The van der Waals surface area contributed by atoms with Crippen LogP contribution in [0.15, 0.2) is 83.5 Å². The first-order valence-corrected chi connectivity index (χ1v) is 9.26. The lowest BCUT2D eigenvalue weighted by Gasteiger charge is -2.05. The zero-order valence-electron chi connectivity index (χ0n) is 16.4. The van der Waals surface area contributed by atoms with E-state index in [-0.39, 0.29) is 11.6 Å². The summed E-state index contributed by atoms with van der Waals surface area (Å²) < 4.78 is 28.9. The number of methoxy groups -OCH3 is 1. The van der Waals surface area contributed by atoms with Gasteiger partial charge in [-0.15, -0.1) is 0 Å². The number of cyclic esters (lactones) is 1. The van der Waals surface area contributed by atoms with E-state index >= 15 is 0 Å². The second kappa shape index (κ2) is 8.62. The second-order valence-electron chi connectivity index (χ2n) is 6.53. The summed E-state index contributed by atoms with van der Waals surface area (Å²) in [5.74, 6) is -0.551. The molecule has 0 saturated heterocycles. The van der Waals surface area contributed by atoms with Crippen LogP contribution in [0.2, 0.25) is 0 Å². The number of benzene rings is 3. The Morgan fingerprint density at radius 2 is 1.71 bits per heavy atom. The van der Waals surface area contributed by atoms with E-state index in [2.05, 4.69) is 4.99 Å². The third-order valence-electron chi connectivity index (χ3n) is 4.41. The molecule has 31 heavy (non-hydrogen) atoms. The van der Waals surface area contributed by atoms with Crippen LogP contribution in [0.5, 0.6) is 11.5 Å². The lowest BCUT2D eigenvalue weighted by molar-refractivity contribution is -0.129. The first-order valence-electron chi connectivity index (χ1n) is 9.26. The summed E-state index contributed by atoms with van der Waals surface area (Å²) >= 11 is 0. The zero-order valence-corrected chi connectivity index (χ0v) is 16.4. The van der Waals surface area contributed by atoms with Crippen LogP contribution in [-0.4, -0.2) is 24.9 Å². The summed E-state index contributed by atoms with van der Waals surface area (Å²) in [6.07, 6.45) is 1.53. The number of nitrogens with zero attached hydrogens (tertiary/aromatic N) is 1. The van der Waals surface area contributed by atoms with Crippen LogP contribution >= 0.6 is 0 Å². The van der Waals surface area contributed by atoms with Gasteiger partial charge in [0.15, 0.2) is 5.70 Å². The van der Waals surface area contributed by atoms with E-state index in [1.165, 1.54) is 24.3 Å². The molecule has 0 N–H and O–H groups in total. The number of ether oxygens (including phenoxy) is 3. The van der Waals surface area contributed by atoms with Gasteiger partial charge in [0, 0.05) is 5.56 Å². The van der Waals surface area contributed by atoms with Gasteiger partial charge < -0.3 is 14.2 Å². The molecule has 0 spiro atoms. The molecule has 0 saturated carbocycles. The molecule has 0 aromatic heterocycles. The fourth-order valence-electron chi connectivity index (χ4n) is 2.84. The molecule has 4 rings (SSSR count). The lowest BCUT2D eigenvalue weighted by Crippen LogP contribution is -2.08. The van der Waals surface area contributed by atoms with Crippen LogP contribution in [-0.2, 0) is 9.53 Å². The number of esters is 2. The maximum absolute atomic E-state index is 13.4. The minimum Gasteiger partial charge on any atom is -0.497 e. The highest BCUT2D eigenvalue weighted by atomic mass is 19.1. The minimum absolute atomic E-state index is 0.0424. The van der Waals surface area contributed by atoms with Crippen molar-refractivity contribution < 1.29 is 28.2 Å². The molecule has 0 amide bonds. The van der Waals surface area contributed by atoms with Gasteiger partial charge in [0.2, 0.25) is 5.90 Å². The molecule has 1 heterocycles. The maximum Gasteiger partial charge on any atom is 0.363 e. The largest absolute Gasteiger partial charge is 0.497 e. The molecule has 0 fully saturated rings. The smallest absolute Gasteiger partial charge is 0.363 e. The molecule has 154 valence electrons. The molecular formula is C24H16FNO5. The van der Waals surface area contributed by atoms with Gasteiger partial charge in [0.1, 0.15) is 17.3 Å². The van der Waals surface area contributed by atoms with Gasteiger partial charge in [-0.25, -0.2) is 19.0 Å². The molecule has 1 aliphatic rings. The van der Waals surface area contributed by atoms with E-state index in [0.717, 1.165) is 0 Å². The average Bonchev–Trinajstić information content (AvgIpc) is 3.15. The van der Waals surface area contributed by atoms with Crippen molar-refractivity contribution in [2.24, 2.45) is 4.99 Å². The van der Waals surface area contributed by atoms with Crippen molar-refractivity contribution in [3.8, 4) is 11.5 Å². The Hall–Kier alpha value is -4.26. The lowest BCUT2D eigenvalue weighted by atomic mass is 10.2. The monoisotopic (exact) mass is 417 g/mol. The van der Waals surface area contributed by atoms with Crippen LogP contribution in [0.25, 0.3) is 6.08 Å². The van der Waals surface area contributed by atoms with Crippen LogP contribution in [0, 0.1) is 5.82 Å². The maximum atomic E-state index is 13.4. The highest BCUT2D eigenvalue weighted by Crippen LogP contribution is 2.22. The van der Waals surface area contributed by atoms with Crippen LogP contribution in [0.1, 0.15) is 21.5 Å². The standard InChI is InChI=1S/C24H16FNO5/c1-29-19-11-7-16(8-12-19)23(27)30-20-9-5-15(6-10-20)13-21-24(28)31-22(26-21)17-3-2-4-18(25)14-17/h2-14H,1H3/b21-13+. The van der Waals surface area contributed by atoms with Gasteiger partial charge in [-0.05, 0) is 66.2 Å². The summed E-state index contributed by atoms with van der Waals surface area (Å²) in [6.45, 7) is 0. The molecule has 0 radical (unpaired) electrons. The molecule has 0 aliphatic carbocycles. The molecule has 6 nitrogen and oxygen atoms in total. The molecule has 0 unspecified atom stereocenters. The summed E-state index contributed by atoms with van der Waals surface area (Å²) in [4.78, 5) is 28.5. The topological polar surface area (TPSA) is 74.2 Å². The van der Waals surface area contributed by atoms with E-state index < -0.39 is 17.8 Å². The number of hydrogen-bond acceptors (Lipinski definition) is 6. The van der Waals surface area contributed by atoms with Crippen molar-refractivity contribution in [3.05, 3.63) is 101 Å². The summed E-state index contributed by atoms with van der Waals surface area (Å²) in [5.41, 5.74) is 1.50. The third-order valence-corrected chi connectivity index (χ3v) is 4.41. The Kier molecular flexibility index (Phi) is 5.57. The molecule has 7 heteroatoms. The first kappa shape index (κ1) is 20.0. The van der Waals surface area contributed by atoms with Crippen molar-refractivity contribution in [2.45, 2.75) is 0 Å². The fourth-order valence-corrected chi connectivity index (χ4v) is 2.84. The third kappa shape index (κ3) is 4.67. The van der Waals surface area contributed by atoms with E-state index in [9.17, 15) is 14.0 Å². The Morgan fingerprint density at radius 3 is 2.39 bits per heavy atom. The first-order chi connectivity index (χ1) is 15.0. The van der Waals surface area contributed by atoms with Crippen LogP contribution in [0.3, 0.4) is 0 Å². The predicted molar refractivity (Wildman–Crippen MR) is 111 cm³/mol. The van der Waals surface area contributed by atoms with Gasteiger partial charge in [0.05, 0.1) is 12.7 Å². The van der Waals surface area contributed by atoms with Gasteiger partial charge in [0.25, 0.3) is 0 Å². The van der Waals surface area contributed by atoms with Gasteiger partial charge in [-0.2, -0.15) is 0 Å². The van der Waals surface area contributed by atoms with E-state index in [1.54, 1.807) is 61.7 Å². The average molecular weight is 417 g/mol. The number of carbonyl (C=O) groups excluding carboxylic acids is 2. The second-order valence-corrected chi connectivity index (χ2v) is 6.53. The molecule has 0 atom stereocenters. The highest BCUT2D eigenvalue weighted by molar-refractivity contribution is 6.12. The molecule has 3 aromatic rings. The zero-order chi connectivity index (χ0) is 21.8. The molecule has 1 aliphatic heterocycles. The molecule has 0 bridgehead atoms. The number of carbonyl (C=O) groups is 2. The SMILES string of the molecule is COc1ccc(C(=O)Oc2ccc(/C=C3/N=C(c4cccc(F)c4)OC3=O)cc2)cc1. The van der Waals surface area contributed by atoms with Crippen molar-refractivity contribution in [1.29, 1.82) is 0 Å². The van der Waals surface area contributed by atoms with Crippen LogP contribution < -0.4 is 9.47 Å². The Bertz CT molecular complexity index is 1200. The highest BCUT2D eigenvalue weighted by Gasteiger charge is 2.24. The van der Waals surface area contributed by atoms with Crippen LogP contribution in [0.4, 0.5) is 4.39 Å². The number of hydrogen-bond donors (Lipinski definition) is 0. The Balaban J connectivity index is 1.47. The van der Waals surface area contributed by atoms with Gasteiger partial charge in [-0.1, -0.05) is 18.2 Å². The quantitative estimate of drug-likeness (QED) is 0.350. The summed E-state index contributed by atoms with van der Waals surface area (Å²) in [6, 6.07) is 18.8. The number of aliphatic imine (C=N–C) groups is 1. The van der Waals surface area contributed by atoms with Crippen molar-refractivity contribution in [1.82, 2.24) is 0 Å². The van der Waals surface area contributed by atoms with Crippen molar-refractivity contribution in [3.63, 3.8) is 0 Å². The Morgan fingerprint density at radius 1 is 1.00 bits per heavy atom. The summed E-state index contributed by atoms with van der Waals surface area (Å²) in [5, 5.41) is 0. The number of halogens is 1. The van der Waals surface area contributed by atoms with E-state index in [0.29, 0.717) is 28.2 Å². The van der Waals surface area contributed by atoms with Gasteiger partial charge in [-0.3, -0.25) is 0 Å². The number of rotatable bonds is 5. The van der Waals surface area contributed by atoms with Crippen molar-refractivity contribution >= 4 is 23.9 Å². The molecule has 3 aromatic carbocycles. The molecular weight excluding hydrogens is 401 g/mol. The minimum atomic E-state index is -0.630. The predicted octanol–water partition coefficient (Wildman–Crippen LogP) is 4.40. The normalized spacial score (nSPS) is 14.2. The fraction of sp³-hybridized carbons (Fsp3) is 0.0417.